The highest BCUT2D eigenvalue weighted by molar-refractivity contribution is 7.99. The van der Waals surface area contributed by atoms with Gasteiger partial charge in [-0.15, -0.1) is 0 Å². The number of nitro benzene ring substituents is 2. The first kappa shape index (κ1) is 49.8. The van der Waals surface area contributed by atoms with Gasteiger partial charge in [0.05, 0.1) is 55.8 Å². The summed E-state index contributed by atoms with van der Waals surface area (Å²) in [6, 6.07) is 21.2. The van der Waals surface area contributed by atoms with E-state index >= 15 is 0 Å². The second-order valence-electron chi connectivity index (χ2n) is 17.2. The molecule has 0 N–H and O–H groups in total. The van der Waals surface area contributed by atoms with Crippen LogP contribution in [0.2, 0.25) is 0 Å². The number of hydrogen-bond donors (Lipinski definition) is 0. The smallest absolute Gasteiger partial charge is 0.309 e. The fourth-order valence-electron chi connectivity index (χ4n) is 8.85. The lowest BCUT2D eigenvalue weighted by atomic mass is 9.89. The molecule has 2 aliphatic rings. The molecular formula is C52H58N4O10S. The van der Waals surface area contributed by atoms with Gasteiger partial charge in [0.1, 0.15) is 0 Å². The molecule has 67 heavy (non-hydrogen) atoms. The molecule has 2 saturated heterocycles. The van der Waals surface area contributed by atoms with Crippen molar-refractivity contribution in [3.63, 3.8) is 0 Å². The van der Waals surface area contributed by atoms with Gasteiger partial charge in [-0.3, -0.25) is 39.4 Å². The molecule has 15 heteroatoms. The number of piperidine rings is 2. The summed E-state index contributed by atoms with van der Waals surface area (Å²) in [4.78, 5) is 81.3. The molecule has 0 atom stereocenters. The van der Waals surface area contributed by atoms with Crippen LogP contribution in [-0.4, -0.2) is 82.8 Å². The van der Waals surface area contributed by atoms with Gasteiger partial charge in [0.25, 0.3) is 11.4 Å². The Morgan fingerprint density at radius 1 is 0.612 bits per heavy atom. The number of carbonyl (C=O) groups excluding carboxylic acids is 4. The number of carbonyl (C=O) groups is 4. The van der Waals surface area contributed by atoms with E-state index in [0.717, 1.165) is 22.9 Å². The summed E-state index contributed by atoms with van der Waals surface area (Å²) in [5.74, 6) is -1.80. The van der Waals surface area contributed by atoms with E-state index in [1.54, 1.807) is 84.3 Å². The lowest BCUT2D eigenvalue weighted by Gasteiger charge is -2.30. The van der Waals surface area contributed by atoms with Gasteiger partial charge < -0.3 is 19.3 Å². The predicted octanol–water partition coefficient (Wildman–Crippen LogP) is 10.9. The molecule has 2 aliphatic heterocycles. The Bertz CT molecular complexity index is 2400. The van der Waals surface area contributed by atoms with Crippen molar-refractivity contribution in [2.24, 2.45) is 11.8 Å². The quantitative estimate of drug-likeness (QED) is 0.0451. The predicted molar refractivity (Wildman–Crippen MR) is 259 cm³/mol. The summed E-state index contributed by atoms with van der Waals surface area (Å²) in [7, 11) is 0. The van der Waals surface area contributed by atoms with Gasteiger partial charge >= 0.3 is 11.9 Å². The third-order valence-corrected chi connectivity index (χ3v) is 13.4. The van der Waals surface area contributed by atoms with E-state index in [2.05, 4.69) is 0 Å². The Kier molecular flexibility index (Phi) is 16.9. The normalized spacial score (nSPS) is 14.9. The SMILES string of the molecule is CCOC(=O)C1CCN(C(=O)/C=C/c2ccc(Sc3ccc(/C=C/C(=O)N4CCC(C(=O)OCC)CC4)c(-c4ccccc4C(C)C)c3[N+](=O)[O-])c([N+](=O)[O-])c2-c2ccccc2C(C)C)CC1. The molecule has 0 aromatic heterocycles. The Balaban J connectivity index is 1.43. The molecule has 2 amide bonds. The molecule has 4 aromatic rings. The van der Waals surface area contributed by atoms with Crippen molar-refractivity contribution in [2.45, 2.75) is 88.9 Å². The van der Waals surface area contributed by atoms with Crippen molar-refractivity contribution in [3.05, 3.63) is 127 Å². The fourth-order valence-corrected chi connectivity index (χ4v) is 9.90. The molecule has 2 heterocycles. The first-order chi connectivity index (χ1) is 32.1. The van der Waals surface area contributed by atoms with Gasteiger partial charge in [-0.25, -0.2) is 0 Å². The number of likely N-dealkylation sites (tertiary alicyclic amines) is 2. The highest BCUT2D eigenvalue weighted by Crippen LogP contribution is 2.50. The minimum absolute atomic E-state index is 0.0418. The monoisotopic (exact) mass is 930 g/mol. The maximum atomic E-state index is 13.6. The highest BCUT2D eigenvalue weighted by Gasteiger charge is 2.33. The minimum atomic E-state index is -0.479. The van der Waals surface area contributed by atoms with E-state index in [1.807, 2.05) is 52.0 Å². The van der Waals surface area contributed by atoms with Crippen LogP contribution in [0.5, 0.6) is 0 Å². The van der Waals surface area contributed by atoms with Crippen LogP contribution >= 0.6 is 11.8 Å². The third-order valence-electron chi connectivity index (χ3n) is 12.3. The molecule has 0 aliphatic carbocycles. The van der Waals surface area contributed by atoms with Gasteiger partial charge in [0.15, 0.2) is 0 Å². The number of nitro groups is 2. The molecule has 0 radical (unpaired) electrons. The first-order valence-electron chi connectivity index (χ1n) is 22.9. The van der Waals surface area contributed by atoms with Gasteiger partial charge in [0, 0.05) is 38.3 Å². The van der Waals surface area contributed by atoms with Gasteiger partial charge in [-0.2, -0.15) is 0 Å². The van der Waals surface area contributed by atoms with E-state index in [1.165, 1.54) is 12.2 Å². The number of rotatable bonds is 16. The van der Waals surface area contributed by atoms with Gasteiger partial charge in [-0.1, -0.05) is 100 Å². The number of hydrogen-bond acceptors (Lipinski definition) is 11. The summed E-state index contributed by atoms with van der Waals surface area (Å²) >= 11 is 0.910. The van der Waals surface area contributed by atoms with E-state index in [4.69, 9.17) is 9.47 Å². The van der Waals surface area contributed by atoms with Crippen LogP contribution in [0, 0.1) is 32.1 Å². The number of esters is 2. The van der Waals surface area contributed by atoms with Crippen LogP contribution in [0.1, 0.15) is 101 Å². The molecule has 0 spiro atoms. The zero-order valence-electron chi connectivity index (χ0n) is 38.9. The molecular weight excluding hydrogens is 873 g/mol. The van der Waals surface area contributed by atoms with Crippen LogP contribution in [0.3, 0.4) is 0 Å². The topological polar surface area (TPSA) is 180 Å². The molecule has 0 saturated carbocycles. The first-order valence-corrected chi connectivity index (χ1v) is 23.7. The molecule has 0 bridgehead atoms. The van der Waals surface area contributed by atoms with Crippen molar-refractivity contribution in [2.75, 3.05) is 39.4 Å². The zero-order chi connectivity index (χ0) is 48.4. The molecule has 352 valence electrons. The van der Waals surface area contributed by atoms with Gasteiger partial charge in [-0.05, 0) is 109 Å². The maximum Gasteiger partial charge on any atom is 0.309 e. The Morgan fingerprint density at radius 2 is 0.970 bits per heavy atom. The second kappa shape index (κ2) is 22.7. The van der Waals surface area contributed by atoms with Crippen LogP contribution in [0.4, 0.5) is 11.4 Å². The summed E-state index contributed by atoms with van der Waals surface area (Å²) in [6.07, 6.45) is 7.79. The largest absolute Gasteiger partial charge is 0.466 e. The van der Waals surface area contributed by atoms with Crippen LogP contribution in [0.25, 0.3) is 34.4 Å². The van der Waals surface area contributed by atoms with Crippen molar-refractivity contribution in [3.8, 4) is 22.3 Å². The lowest BCUT2D eigenvalue weighted by molar-refractivity contribution is -0.387. The number of benzene rings is 4. The minimum Gasteiger partial charge on any atom is -0.466 e. The van der Waals surface area contributed by atoms with E-state index < -0.39 is 9.85 Å². The van der Waals surface area contributed by atoms with E-state index in [9.17, 15) is 39.4 Å². The Morgan fingerprint density at radius 3 is 1.30 bits per heavy atom. The van der Waals surface area contributed by atoms with Gasteiger partial charge in [0.2, 0.25) is 11.8 Å². The second-order valence-corrected chi connectivity index (χ2v) is 18.3. The Hall–Kier alpha value is -6.61. The highest BCUT2D eigenvalue weighted by atomic mass is 32.2. The average molecular weight is 931 g/mol. The van der Waals surface area contributed by atoms with Crippen molar-refractivity contribution < 1.29 is 38.5 Å². The third kappa shape index (κ3) is 11.7. The van der Waals surface area contributed by atoms with Crippen molar-refractivity contribution >= 4 is 59.0 Å². The summed E-state index contributed by atoms with van der Waals surface area (Å²) < 4.78 is 10.4. The average Bonchev–Trinajstić information content (AvgIpc) is 3.32. The van der Waals surface area contributed by atoms with Crippen LogP contribution < -0.4 is 0 Å². The zero-order valence-corrected chi connectivity index (χ0v) is 39.7. The molecule has 14 nitrogen and oxygen atoms in total. The number of nitrogens with zero attached hydrogens (tertiary/aromatic N) is 4. The Labute approximate surface area is 395 Å². The molecule has 4 aromatic carbocycles. The number of amides is 2. The van der Waals surface area contributed by atoms with E-state index in [0.29, 0.717) is 74.1 Å². The van der Waals surface area contributed by atoms with Crippen LogP contribution in [-0.2, 0) is 28.7 Å². The van der Waals surface area contributed by atoms with Crippen molar-refractivity contribution in [1.29, 1.82) is 0 Å². The summed E-state index contributed by atoms with van der Waals surface area (Å²) in [5.41, 5.74) is 3.65. The summed E-state index contributed by atoms with van der Waals surface area (Å²) in [6.45, 7) is 13.4. The standard InChI is InChI=1S/C52H58N4O10S/c1-7-65-51(59)37-25-29-53(30-26-37)45(57)23-19-35-17-21-43(49(55(61)62)47(35)41-15-11-9-13-39(41)33(3)4)67-44-22-18-36(20-24-46(58)54-31-27-38(28-32-54)52(60)66-8-2)48(50(44)56(63)64)42-16-12-10-14-40(42)34(5)6/h9-24,33-34,37-38H,7-8,25-32H2,1-6H3/b23-19+,24-20+. The van der Waals surface area contributed by atoms with Crippen molar-refractivity contribution in [1.82, 2.24) is 9.80 Å². The fraction of sp³-hybridized carbons (Fsp3) is 0.385. The van der Waals surface area contributed by atoms with Crippen LogP contribution in [0.15, 0.2) is 94.7 Å². The lowest BCUT2D eigenvalue weighted by Crippen LogP contribution is -2.39. The number of ether oxygens (including phenoxy) is 2. The summed E-state index contributed by atoms with van der Waals surface area (Å²) in [5, 5.41) is 26.9. The maximum absolute atomic E-state index is 13.6. The molecule has 2 fully saturated rings. The molecule has 6 rings (SSSR count). The van der Waals surface area contributed by atoms with E-state index in [-0.39, 0.29) is 92.9 Å². The molecule has 0 unspecified atom stereocenters.